The van der Waals surface area contributed by atoms with Gasteiger partial charge in [0.15, 0.2) is 0 Å². The zero-order valence-electron chi connectivity index (χ0n) is 9.48. The van der Waals surface area contributed by atoms with Gasteiger partial charge in [0.2, 0.25) is 0 Å². The van der Waals surface area contributed by atoms with Crippen molar-refractivity contribution in [2.75, 3.05) is 6.61 Å². The molecular formula is C14H18OSe. The average molecular weight is 281 g/mol. The van der Waals surface area contributed by atoms with Crippen molar-refractivity contribution in [2.24, 2.45) is 0 Å². The summed E-state index contributed by atoms with van der Waals surface area (Å²) in [7, 11) is 0. The van der Waals surface area contributed by atoms with Crippen molar-refractivity contribution in [3.8, 4) is 10.7 Å². The molecule has 0 atom stereocenters. The van der Waals surface area contributed by atoms with E-state index in [9.17, 15) is 0 Å². The van der Waals surface area contributed by atoms with Crippen LogP contribution < -0.4 is 0 Å². The fourth-order valence-electron chi connectivity index (χ4n) is 1.31. The van der Waals surface area contributed by atoms with Crippen molar-refractivity contribution in [3.63, 3.8) is 0 Å². The van der Waals surface area contributed by atoms with E-state index < -0.39 is 0 Å². The second kappa shape index (κ2) is 9.48. The SMILES string of the molecule is OCCCCCC[Se]C#Cc1ccccc1. The predicted molar refractivity (Wildman–Crippen MR) is 69.4 cm³/mol. The first-order valence-corrected chi connectivity index (χ1v) is 7.79. The molecule has 1 rings (SSSR count). The van der Waals surface area contributed by atoms with Gasteiger partial charge in [-0.05, 0) is 0 Å². The van der Waals surface area contributed by atoms with Gasteiger partial charge in [-0.25, -0.2) is 0 Å². The van der Waals surface area contributed by atoms with Crippen LogP contribution in [0.5, 0.6) is 0 Å². The van der Waals surface area contributed by atoms with Gasteiger partial charge >= 0.3 is 104 Å². The van der Waals surface area contributed by atoms with E-state index in [0.717, 1.165) is 18.4 Å². The number of hydrogen-bond donors (Lipinski definition) is 1. The normalized spacial score (nSPS) is 9.56. The first-order chi connectivity index (χ1) is 7.93. The van der Waals surface area contributed by atoms with E-state index in [1.54, 1.807) is 0 Å². The van der Waals surface area contributed by atoms with Crippen molar-refractivity contribution < 1.29 is 5.11 Å². The van der Waals surface area contributed by atoms with E-state index in [2.05, 4.69) is 10.7 Å². The Morgan fingerprint density at radius 2 is 1.75 bits per heavy atom. The van der Waals surface area contributed by atoms with Gasteiger partial charge in [0.05, 0.1) is 0 Å². The van der Waals surface area contributed by atoms with E-state index in [4.69, 9.17) is 5.11 Å². The summed E-state index contributed by atoms with van der Waals surface area (Å²) in [5.41, 5.74) is 1.12. The third-order valence-corrected chi connectivity index (χ3v) is 3.75. The molecule has 0 bridgehead atoms. The maximum atomic E-state index is 8.61. The van der Waals surface area contributed by atoms with E-state index in [-0.39, 0.29) is 0 Å². The minimum absolute atomic E-state index is 0.332. The predicted octanol–water partition coefficient (Wildman–Crippen LogP) is 2.67. The van der Waals surface area contributed by atoms with Gasteiger partial charge < -0.3 is 0 Å². The van der Waals surface area contributed by atoms with Crippen LogP contribution in [0.3, 0.4) is 0 Å². The fraction of sp³-hybridized carbons (Fsp3) is 0.429. The fourth-order valence-corrected chi connectivity index (χ4v) is 2.65. The van der Waals surface area contributed by atoms with Crippen molar-refractivity contribution >= 4 is 15.0 Å². The van der Waals surface area contributed by atoms with Crippen LogP contribution in [0.4, 0.5) is 0 Å². The molecule has 0 aliphatic carbocycles. The Labute approximate surface area is 104 Å². The molecule has 0 radical (unpaired) electrons. The van der Waals surface area contributed by atoms with Gasteiger partial charge in [-0.1, -0.05) is 0 Å². The summed E-state index contributed by atoms with van der Waals surface area (Å²) < 4.78 is 0. The second-order valence-electron chi connectivity index (χ2n) is 3.58. The molecule has 0 amide bonds. The van der Waals surface area contributed by atoms with Crippen LogP contribution in [0.2, 0.25) is 5.32 Å². The second-order valence-corrected chi connectivity index (χ2v) is 5.47. The van der Waals surface area contributed by atoms with Crippen LogP contribution in [-0.2, 0) is 0 Å². The van der Waals surface area contributed by atoms with Gasteiger partial charge in [0.25, 0.3) is 0 Å². The van der Waals surface area contributed by atoms with Crippen molar-refractivity contribution in [1.29, 1.82) is 0 Å². The Hall–Kier alpha value is -0.741. The van der Waals surface area contributed by atoms with E-state index in [1.165, 1.54) is 18.2 Å². The first kappa shape index (κ1) is 13.3. The summed E-state index contributed by atoms with van der Waals surface area (Å²) in [5.74, 6) is 3.18. The topological polar surface area (TPSA) is 20.2 Å². The summed E-state index contributed by atoms with van der Waals surface area (Å²) in [5, 5.41) is 9.85. The van der Waals surface area contributed by atoms with Gasteiger partial charge in [0.1, 0.15) is 0 Å². The Morgan fingerprint density at radius 1 is 1.00 bits per heavy atom. The molecule has 0 saturated carbocycles. The Balaban J connectivity index is 2.05. The van der Waals surface area contributed by atoms with E-state index in [0.29, 0.717) is 21.6 Å². The van der Waals surface area contributed by atoms with E-state index >= 15 is 0 Å². The molecule has 86 valence electrons. The van der Waals surface area contributed by atoms with E-state index in [1.807, 2.05) is 30.3 Å². The van der Waals surface area contributed by atoms with Crippen LogP contribution in [0.25, 0.3) is 0 Å². The number of hydrogen-bond acceptors (Lipinski definition) is 1. The van der Waals surface area contributed by atoms with Crippen LogP contribution in [0.15, 0.2) is 30.3 Å². The molecule has 0 aromatic heterocycles. The van der Waals surface area contributed by atoms with Crippen molar-refractivity contribution in [3.05, 3.63) is 35.9 Å². The van der Waals surface area contributed by atoms with Gasteiger partial charge in [0, 0.05) is 0 Å². The summed E-state index contributed by atoms with van der Waals surface area (Å²) in [6.07, 6.45) is 4.58. The minimum atomic E-state index is 0.332. The van der Waals surface area contributed by atoms with Gasteiger partial charge in [-0.15, -0.1) is 0 Å². The number of unbranched alkanes of at least 4 members (excludes halogenated alkanes) is 3. The molecule has 16 heavy (non-hydrogen) atoms. The third-order valence-electron chi connectivity index (χ3n) is 2.20. The van der Waals surface area contributed by atoms with Crippen molar-refractivity contribution in [1.82, 2.24) is 0 Å². The summed E-state index contributed by atoms with van der Waals surface area (Å²) in [4.78, 5) is 3.26. The molecule has 1 N–H and O–H groups in total. The molecule has 1 aromatic carbocycles. The number of aliphatic hydroxyl groups excluding tert-OH is 1. The molecule has 2 heteroatoms. The molecule has 0 aliphatic heterocycles. The standard InChI is InChI=1S/C14H18OSe/c15-11-6-1-2-7-12-16-13-10-14-8-4-3-5-9-14/h3-5,8-9,15H,1-2,6-7,11-12H2. The number of aliphatic hydroxyl groups is 1. The van der Waals surface area contributed by atoms with Gasteiger partial charge in [-0.2, -0.15) is 0 Å². The van der Waals surface area contributed by atoms with Gasteiger partial charge in [-0.3, -0.25) is 0 Å². The van der Waals surface area contributed by atoms with Crippen LogP contribution >= 0.6 is 0 Å². The van der Waals surface area contributed by atoms with Crippen LogP contribution in [-0.4, -0.2) is 26.7 Å². The molecule has 1 aromatic rings. The zero-order valence-corrected chi connectivity index (χ0v) is 11.2. The molecule has 0 heterocycles. The summed E-state index contributed by atoms with van der Waals surface area (Å²) in [6, 6.07) is 10.1. The molecular weight excluding hydrogens is 263 g/mol. The van der Waals surface area contributed by atoms with Crippen LogP contribution in [0.1, 0.15) is 31.2 Å². The molecule has 0 fully saturated rings. The van der Waals surface area contributed by atoms with Crippen LogP contribution in [0, 0.1) is 10.7 Å². The summed E-state index contributed by atoms with van der Waals surface area (Å²) in [6.45, 7) is 0.332. The molecule has 0 unspecified atom stereocenters. The molecule has 1 nitrogen and oxygen atoms in total. The number of rotatable bonds is 6. The van der Waals surface area contributed by atoms with Crippen molar-refractivity contribution in [2.45, 2.75) is 31.0 Å². The Morgan fingerprint density at radius 3 is 2.50 bits per heavy atom. The molecule has 0 saturated heterocycles. The quantitative estimate of drug-likeness (QED) is 0.483. The zero-order chi connectivity index (χ0) is 11.5. The Bertz CT molecular complexity index is 324. The molecule has 0 aliphatic rings. The first-order valence-electron chi connectivity index (χ1n) is 5.72. The Kier molecular flexibility index (Phi) is 7.90. The maximum absolute atomic E-state index is 8.61. The monoisotopic (exact) mass is 282 g/mol. The summed E-state index contributed by atoms with van der Waals surface area (Å²) >= 11 is 0.453. The molecule has 0 spiro atoms. The third kappa shape index (κ3) is 6.69. The average Bonchev–Trinajstić information content (AvgIpc) is 2.34. The number of benzene rings is 1.